The van der Waals surface area contributed by atoms with Gasteiger partial charge in [-0.15, -0.1) is 0 Å². The van der Waals surface area contributed by atoms with Crippen molar-refractivity contribution in [1.82, 2.24) is 15.3 Å². The maximum Gasteiger partial charge on any atom is 0.406 e. The van der Waals surface area contributed by atoms with E-state index < -0.39 is 12.7 Å². The molecule has 0 aromatic carbocycles. The third-order valence-electron chi connectivity index (χ3n) is 2.31. The molecule has 1 heterocycles. The number of anilines is 1. The lowest BCUT2D eigenvalue weighted by Gasteiger charge is -2.22. The molecule has 0 spiro atoms. The maximum atomic E-state index is 12.3. The number of halogens is 3. The molecular weight excluding hydrogens is 245 g/mol. The van der Waals surface area contributed by atoms with Gasteiger partial charge in [0.05, 0.1) is 0 Å². The van der Waals surface area contributed by atoms with Crippen LogP contribution in [0.15, 0.2) is 12.4 Å². The molecular formula is C11H17F3N4. The minimum absolute atomic E-state index is 0.107. The van der Waals surface area contributed by atoms with Gasteiger partial charge in [-0.1, -0.05) is 6.92 Å². The summed E-state index contributed by atoms with van der Waals surface area (Å²) in [5.74, 6) is 0.107. The molecule has 0 aliphatic rings. The van der Waals surface area contributed by atoms with Crippen LogP contribution in [0.5, 0.6) is 0 Å². The largest absolute Gasteiger partial charge is 0.406 e. The summed E-state index contributed by atoms with van der Waals surface area (Å²) in [6, 6.07) is 0. The Kier molecular flexibility index (Phi) is 5.33. The van der Waals surface area contributed by atoms with Crippen molar-refractivity contribution >= 4 is 5.95 Å². The molecule has 0 bridgehead atoms. The molecule has 1 rings (SSSR count). The molecule has 1 aromatic heterocycles. The van der Waals surface area contributed by atoms with Gasteiger partial charge < -0.3 is 10.2 Å². The summed E-state index contributed by atoms with van der Waals surface area (Å²) in [6.45, 7) is 4.22. The monoisotopic (exact) mass is 262 g/mol. The van der Waals surface area contributed by atoms with E-state index in [1.807, 2.05) is 6.92 Å². The second kappa shape index (κ2) is 6.53. The number of aromatic nitrogens is 2. The minimum atomic E-state index is -4.25. The van der Waals surface area contributed by atoms with Gasteiger partial charge in [0.2, 0.25) is 5.95 Å². The van der Waals surface area contributed by atoms with Crippen molar-refractivity contribution in [2.75, 3.05) is 24.5 Å². The van der Waals surface area contributed by atoms with Crippen LogP contribution in [0.25, 0.3) is 0 Å². The van der Waals surface area contributed by atoms with Gasteiger partial charge in [-0.3, -0.25) is 0 Å². The highest BCUT2D eigenvalue weighted by molar-refractivity contribution is 5.29. The van der Waals surface area contributed by atoms with Crippen LogP contribution in [0.4, 0.5) is 19.1 Å². The molecule has 102 valence electrons. The number of nitrogens with zero attached hydrogens (tertiary/aromatic N) is 3. The van der Waals surface area contributed by atoms with Crippen molar-refractivity contribution in [3.8, 4) is 0 Å². The Morgan fingerprint density at radius 2 is 1.83 bits per heavy atom. The van der Waals surface area contributed by atoms with Gasteiger partial charge in [-0.05, 0) is 13.5 Å². The predicted octanol–water partition coefficient (Wildman–Crippen LogP) is 1.97. The number of hydrogen-bond donors (Lipinski definition) is 1. The van der Waals surface area contributed by atoms with E-state index in [2.05, 4.69) is 15.3 Å². The highest BCUT2D eigenvalue weighted by Crippen LogP contribution is 2.19. The second-order valence-corrected chi connectivity index (χ2v) is 3.80. The van der Waals surface area contributed by atoms with Crippen LogP contribution in [0, 0.1) is 0 Å². The lowest BCUT2D eigenvalue weighted by Crippen LogP contribution is -2.35. The molecule has 18 heavy (non-hydrogen) atoms. The first kappa shape index (κ1) is 14.7. The summed E-state index contributed by atoms with van der Waals surface area (Å²) in [5.41, 5.74) is 0.851. The van der Waals surface area contributed by atoms with E-state index in [0.717, 1.165) is 17.0 Å². The van der Waals surface area contributed by atoms with Crippen molar-refractivity contribution in [1.29, 1.82) is 0 Å². The first-order valence-electron chi connectivity index (χ1n) is 5.79. The van der Waals surface area contributed by atoms with E-state index >= 15 is 0 Å². The molecule has 4 nitrogen and oxygen atoms in total. The van der Waals surface area contributed by atoms with Crippen molar-refractivity contribution < 1.29 is 13.2 Å². The summed E-state index contributed by atoms with van der Waals surface area (Å²) in [5, 5.41) is 3.09. The molecule has 0 aliphatic heterocycles. The van der Waals surface area contributed by atoms with Gasteiger partial charge in [0.15, 0.2) is 0 Å². The van der Waals surface area contributed by atoms with Gasteiger partial charge in [0, 0.05) is 31.0 Å². The summed E-state index contributed by atoms with van der Waals surface area (Å²) in [7, 11) is 0. The Balaban J connectivity index is 2.69. The lowest BCUT2D eigenvalue weighted by molar-refractivity contribution is -0.119. The van der Waals surface area contributed by atoms with Crippen LogP contribution < -0.4 is 10.2 Å². The van der Waals surface area contributed by atoms with Gasteiger partial charge in [-0.2, -0.15) is 13.2 Å². The number of rotatable bonds is 6. The fraction of sp³-hybridized carbons (Fsp3) is 0.636. The van der Waals surface area contributed by atoms with Crippen molar-refractivity contribution in [3.05, 3.63) is 18.0 Å². The third kappa shape index (κ3) is 4.87. The van der Waals surface area contributed by atoms with Gasteiger partial charge >= 0.3 is 6.18 Å². The fourth-order valence-electron chi connectivity index (χ4n) is 1.41. The van der Waals surface area contributed by atoms with Crippen molar-refractivity contribution in [3.63, 3.8) is 0 Å². The third-order valence-corrected chi connectivity index (χ3v) is 2.31. The van der Waals surface area contributed by atoms with Gasteiger partial charge in [0.25, 0.3) is 0 Å². The fourth-order valence-corrected chi connectivity index (χ4v) is 1.41. The SMILES string of the molecule is CCNCc1cnc(N(CC)CC(F)(F)F)nc1. The number of nitrogens with one attached hydrogen (secondary N) is 1. The highest BCUT2D eigenvalue weighted by Gasteiger charge is 2.31. The normalized spacial score (nSPS) is 11.6. The van der Waals surface area contributed by atoms with E-state index in [1.165, 1.54) is 0 Å². The molecule has 7 heteroatoms. The molecule has 0 fully saturated rings. The highest BCUT2D eigenvalue weighted by atomic mass is 19.4. The molecule has 0 unspecified atom stereocenters. The van der Waals surface area contributed by atoms with Crippen molar-refractivity contribution in [2.24, 2.45) is 0 Å². The van der Waals surface area contributed by atoms with Crippen LogP contribution in [0.2, 0.25) is 0 Å². The molecule has 0 amide bonds. The van der Waals surface area contributed by atoms with E-state index in [4.69, 9.17) is 0 Å². The Morgan fingerprint density at radius 1 is 1.22 bits per heavy atom. The molecule has 0 radical (unpaired) electrons. The van der Waals surface area contributed by atoms with E-state index in [0.29, 0.717) is 6.54 Å². The quantitative estimate of drug-likeness (QED) is 0.851. The zero-order valence-electron chi connectivity index (χ0n) is 10.5. The molecule has 1 N–H and O–H groups in total. The van der Waals surface area contributed by atoms with E-state index in [9.17, 15) is 13.2 Å². The predicted molar refractivity (Wildman–Crippen MR) is 63.4 cm³/mol. The van der Waals surface area contributed by atoms with Crippen LogP contribution in [0.3, 0.4) is 0 Å². The average Bonchev–Trinajstić information content (AvgIpc) is 2.33. The maximum absolute atomic E-state index is 12.3. The number of alkyl halides is 3. The second-order valence-electron chi connectivity index (χ2n) is 3.80. The Hall–Kier alpha value is -1.37. The lowest BCUT2D eigenvalue weighted by atomic mass is 10.3. The summed E-state index contributed by atoms with van der Waals surface area (Å²) in [6.07, 6.45) is -1.16. The summed E-state index contributed by atoms with van der Waals surface area (Å²) < 4.78 is 37.0. The molecule has 0 aliphatic carbocycles. The van der Waals surface area contributed by atoms with Crippen LogP contribution in [-0.2, 0) is 6.54 Å². The Labute approximate surface area is 104 Å². The first-order chi connectivity index (χ1) is 8.46. The zero-order valence-corrected chi connectivity index (χ0v) is 10.5. The molecule has 1 aromatic rings. The van der Waals surface area contributed by atoms with Crippen LogP contribution >= 0.6 is 0 Å². The summed E-state index contributed by atoms with van der Waals surface area (Å²) >= 11 is 0. The summed E-state index contributed by atoms with van der Waals surface area (Å²) in [4.78, 5) is 9.02. The Morgan fingerprint density at radius 3 is 2.28 bits per heavy atom. The molecule has 0 atom stereocenters. The van der Waals surface area contributed by atoms with Crippen LogP contribution in [0.1, 0.15) is 19.4 Å². The Bertz CT molecular complexity index is 350. The minimum Gasteiger partial charge on any atom is -0.332 e. The van der Waals surface area contributed by atoms with Crippen molar-refractivity contribution in [2.45, 2.75) is 26.6 Å². The average molecular weight is 262 g/mol. The number of hydrogen-bond acceptors (Lipinski definition) is 4. The van der Waals surface area contributed by atoms with Gasteiger partial charge in [0.1, 0.15) is 6.54 Å². The van der Waals surface area contributed by atoms with E-state index in [-0.39, 0.29) is 12.5 Å². The standard InChI is InChI=1S/C11H17F3N4/c1-3-15-5-9-6-16-10(17-7-9)18(4-2)8-11(12,13)14/h6-7,15H,3-5,8H2,1-2H3. The zero-order chi connectivity index (χ0) is 13.6. The van der Waals surface area contributed by atoms with E-state index in [1.54, 1.807) is 19.3 Å². The smallest absolute Gasteiger partial charge is 0.332 e. The first-order valence-corrected chi connectivity index (χ1v) is 5.79. The van der Waals surface area contributed by atoms with Crippen LogP contribution in [-0.4, -0.2) is 35.8 Å². The van der Waals surface area contributed by atoms with Gasteiger partial charge in [-0.25, -0.2) is 9.97 Å². The molecule has 0 saturated carbocycles. The molecule has 0 saturated heterocycles. The topological polar surface area (TPSA) is 41.1 Å².